The molecule has 2 aliphatic rings. The molecule has 0 fully saturated rings. The Bertz CT molecular complexity index is 1250. The van der Waals surface area contributed by atoms with Crippen LogP contribution in [0.1, 0.15) is 16.7 Å². The van der Waals surface area contributed by atoms with E-state index in [0.717, 1.165) is 34.2 Å². The molecule has 38 heavy (non-hydrogen) atoms. The summed E-state index contributed by atoms with van der Waals surface area (Å²) in [4.78, 5) is 26.7. The van der Waals surface area contributed by atoms with Gasteiger partial charge in [-0.25, -0.2) is 14.0 Å². The van der Waals surface area contributed by atoms with Gasteiger partial charge in [-0.1, -0.05) is 11.6 Å². The Kier molecular flexibility index (Phi) is 8.63. The Morgan fingerprint density at radius 3 is 2.66 bits per heavy atom. The fourth-order valence-electron chi connectivity index (χ4n) is 5.08. The summed E-state index contributed by atoms with van der Waals surface area (Å²) in [6, 6.07) is 5.99. The molecule has 0 aliphatic carbocycles. The number of nitrogens with zero attached hydrogens (tertiary/aromatic N) is 2. The van der Waals surface area contributed by atoms with Crippen LogP contribution in [0.5, 0.6) is 11.5 Å². The van der Waals surface area contributed by atoms with Gasteiger partial charge >= 0.3 is 11.9 Å². The van der Waals surface area contributed by atoms with Crippen LogP contribution in [0.4, 0.5) is 10.1 Å². The molecule has 9 nitrogen and oxygen atoms in total. The van der Waals surface area contributed by atoms with Crippen molar-refractivity contribution in [1.82, 2.24) is 4.90 Å². The number of methoxy groups -OCH3 is 1. The van der Waals surface area contributed by atoms with Crippen LogP contribution in [0.15, 0.2) is 36.0 Å². The molecule has 2 aromatic carbocycles. The molecule has 2 heterocycles. The second kappa shape index (κ2) is 11.9. The van der Waals surface area contributed by atoms with E-state index in [4.69, 9.17) is 30.9 Å². The van der Waals surface area contributed by atoms with Crippen molar-refractivity contribution in [2.75, 3.05) is 51.4 Å². The minimum Gasteiger partial charge on any atom is -0.490 e. The average molecular weight is 549 g/mol. The van der Waals surface area contributed by atoms with Crippen molar-refractivity contribution < 1.29 is 38.4 Å². The summed E-state index contributed by atoms with van der Waals surface area (Å²) >= 11 is 6.18. The first kappa shape index (κ1) is 27.5. The predicted octanol–water partition coefficient (Wildman–Crippen LogP) is 3.53. The highest BCUT2D eigenvalue weighted by Gasteiger charge is 2.29. The van der Waals surface area contributed by atoms with E-state index >= 15 is 0 Å². The van der Waals surface area contributed by atoms with Gasteiger partial charge in [-0.3, -0.25) is 0 Å². The van der Waals surface area contributed by atoms with Gasteiger partial charge < -0.3 is 34.2 Å². The van der Waals surface area contributed by atoms with Crippen LogP contribution >= 0.6 is 11.6 Å². The third kappa shape index (κ3) is 6.14. The van der Waals surface area contributed by atoms with Gasteiger partial charge in [0, 0.05) is 20.2 Å². The van der Waals surface area contributed by atoms with Crippen LogP contribution < -0.4 is 14.4 Å². The SMILES string of the molecule is COCC(CN1CCOc2cc3c(c(C)c21)CCN(/C(=C\C(=O)O)C(=O)O)CC3)Oc1ccc(F)cc1Cl. The quantitative estimate of drug-likeness (QED) is 0.455. The minimum atomic E-state index is -1.30. The molecule has 0 spiro atoms. The van der Waals surface area contributed by atoms with E-state index in [2.05, 4.69) is 4.90 Å². The number of aliphatic carboxylic acids is 2. The molecule has 0 radical (unpaired) electrons. The third-order valence-electron chi connectivity index (χ3n) is 6.74. The molecule has 4 rings (SSSR count). The molecule has 1 unspecified atom stereocenters. The number of fused-ring (bicyclic) bond motifs is 2. The van der Waals surface area contributed by atoms with E-state index in [0.29, 0.717) is 51.4 Å². The molecule has 2 N–H and O–H groups in total. The van der Waals surface area contributed by atoms with Crippen LogP contribution in [0.25, 0.3) is 0 Å². The number of benzene rings is 2. The minimum absolute atomic E-state index is 0.178. The lowest BCUT2D eigenvalue weighted by Gasteiger charge is -2.36. The zero-order chi connectivity index (χ0) is 27.4. The van der Waals surface area contributed by atoms with Crippen molar-refractivity contribution in [2.24, 2.45) is 0 Å². The zero-order valence-corrected chi connectivity index (χ0v) is 22.0. The fraction of sp³-hybridized carbons (Fsp3) is 0.407. The van der Waals surface area contributed by atoms with Gasteiger partial charge in [0.15, 0.2) is 0 Å². The first-order valence-electron chi connectivity index (χ1n) is 12.2. The summed E-state index contributed by atoms with van der Waals surface area (Å²) < 4.78 is 31.0. The second-order valence-corrected chi connectivity index (χ2v) is 9.62. The van der Waals surface area contributed by atoms with Gasteiger partial charge in [-0.05, 0) is 60.7 Å². The first-order chi connectivity index (χ1) is 18.2. The van der Waals surface area contributed by atoms with Crippen molar-refractivity contribution in [1.29, 1.82) is 0 Å². The van der Waals surface area contributed by atoms with E-state index < -0.39 is 23.9 Å². The van der Waals surface area contributed by atoms with E-state index in [1.807, 2.05) is 13.0 Å². The Morgan fingerprint density at radius 1 is 1.21 bits per heavy atom. The molecule has 0 aromatic heterocycles. The second-order valence-electron chi connectivity index (χ2n) is 9.21. The molecule has 0 saturated heterocycles. The number of carboxylic acid groups (broad SMARTS) is 2. The molecule has 0 saturated carbocycles. The zero-order valence-electron chi connectivity index (χ0n) is 21.2. The lowest BCUT2D eigenvalue weighted by Crippen LogP contribution is -2.42. The predicted molar refractivity (Wildman–Crippen MR) is 139 cm³/mol. The largest absolute Gasteiger partial charge is 0.490 e. The Balaban J connectivity index is 1.59. The summed E-state index contributed by atoms with van der Waals surface area (Å²) in [5.41, 5.74) is 3.86. The number of rotatable bonds is 9. The Morgan fingerprint density at radius 2 is 1.97 bits per heavy atom. The lowest BCUT2D eigenvalue weighted by atomic mass is 9.94. The van der Waals surface area contributed by atoms with Crippen molar-refractivity contribution in [3.8, 4) is 11.5 Å². The summed E-state index contributed by atoms with van der Waals surface area (Å²) in [5.74, 6) is -1.91. The van der Waals surface area contributed by atoms with E-state index in [1.165, 1.54) is 18.2 Å². The molecular weight excluding hydrogens is 519 g/mol. The highest BCUT2D eigenvalue weighted by Crippen LogP contribution is 2.40. The van der Waals surface area contributed by atoms with Crippen LogP contribution in [-0.4, -0.2) is 79.7 Å². The molecule has 0 bridgehead atoms. The van der Waals surface area contributed by atoms with Crippen molar-refractivity contribution in [3.63, 3.8) is 0 Å². The number of ether oxygens (including phenoxy) is 3. The van der Waals surface area contributed by atoms with Crippen LogP contribution in [-0.2, 0) is 27.2 Å². The number of hydrogen-bond donors (Lipinski definition) is 2. The van der Waals surface area contributed by atoms with Crippen molar-refractivity contribution in [3.05, 3.63) is 63.6 Å². The molecule has 11 heteroatoms. The summed E-state index contributed by atoms with van der Waals surface area (Å²) in [6.45, 7) is 4.60. The summed E-state index contributed by atoms with van der Waals surface area (Å²) in [7, 11) is 1.58. The fourth-order valence-corrected chi connectivity index (χ4v) is 5.29. The molecule has 1 atom stereocenters. The van der Waals surface area contributed by atoms with Crippen LogP contribution in [0.2, 0.25) is 5.02 Å². The van der Waals surface area contributed by atoms with Crippen molar-refractivity contribution in [2.45, 2.75) is 25.9 Å². The molecule has 204 valence electrons. The molecule has 2 aromatic rings. The Hall–Kier alpha value is -3.50. The Labute approximate surface area is 225 Å². The average Bonchev–Trinajstić information content (AvgIpc) is 3.07. The van der Waals surface area contributed by atoms with E-state index in [1.54, 1.807) is 12.0 Å². The summed E-state index contributed by atoms with van der Waals surface area (Å²) in [6.07, 6.45) is 1.44. The van der Waals surface area contributed by atoms with Gasteiger partial charge in [0.1, 0.15) is 35.7 Å². The monoisotopic (exact) mass is 548 g/mol. The number of halogens is 2. The number of carboxylic acids is 2. The maximum absolute atomic E-state index is 13.5. The smallest absolute Gasteiger partial charge is 0.352 e. The van der Waals surface area contributed by atoms with Crippen LogP contribution in [0, 0.1) is 12.7 Å². The topological polar surface area (TPSA) is 109 Å². The maximum Gasteiger partial charge on any atom is 0.352 e. The highest BCUT2D eigenvalue weighted by molar-refractivity contribution is 6.32. The van der Waals surface area contributed by atoms with Gasteiger partial charge in [0.05, 0.1) is 36.5 Å². The standard InChI is InChI=1S/C27H30ClFN2O7/c1-16-20-6-8-30(22(27(34)35)13-25(32)33)7-5-17(20)11-24-26(16)31(9-10-37-24)14-19(15-36-2)38-23-4-3-18(29)12-21(23)28/h3-4,11-13,19H,5-10,14-15H2,1-2H3,(H,32,33)(H,34,35)/b22-13-. The summed E-state index contributed by atoms with van der Waals surface area (Å²) in [5, 5.41) is 18.9. The van der Waals surface area contributed by atoms with Gasteiger partial charge in [-0.15, -0.1) is 0 Å². The normalized spacial score (nSPS) is 16.2. The third-order valence-corrected chi connectivity index (χ3v) is 7.03. The highest BCUT2D eigenvalue weighted by atomic mass is 35.5. The molecule has 2 aliphatic heterocycles. The lowest BCUT2D eigenvalue weighted by molar-refractivity contribution is -0.136. The van der Waals surface area contributed by atoms with E-state index in [9.17, 15) is 19.1 Å². The number of carbonyl (C=O) groups is 2. The maximum atomic E-state index is 13.5. The molecule has 0 amide bonds. The van der Waals surface area contributed by atoms with Gasteiger partial charge in [0.2, 0.25) is 0 Å². The first-order valence-corrected chi connectivity index (χ1v) is 12.6. The van der Waals surface area contributed by atoms with E-state index in [-0.39, 0.29) is 17.3 Å². The van der Waals surface area contributed by atoms with Gasteiger partial charge in [-0.2, -0.15) is 0 Å². The number of hydrogen-bond acceptors (Lipinski definition) is 7. The van der Waals surface area contributed by atoms with Gasteiger partial charge in [0.25, 0.3) is 0 Å². The molecular formula is C27H30ClFN2O7. The van der Waals surface area contributed by atoms with Crippen molar-refractivity contribution >= 4 is 29.2 Å². The number of anilines is 1. The van der Waals surface area contributed by atoms with Crippen LogP contribution in [0.3, 0.4) is 0 Å².